The van der Waals surface area contributed by atoms with Gasteiger partial charge in [-0.3, -0.25) is 9.38 Å². The van der Waals surface area contributed by atoms with E-state index in [1.807, 2.05) is 31.6 Å². The van der Waals surface area contributed by atoms with Crippen molar-refractivity contribution in [2.24, 2.45) is 0 Å². The van der Waals surface area contributed by atoms with Crippen LogP contribution in [0.25, 0.3) is 22.3 Å². The number of hydrogen-bond donors (Lipinski definition) is 0. The number of aromatic nitrogens is 4. The summed E-state index contributed by atoms with van der Waals surface area (Å²) >= 11 is 0. The van der Waals surface area contributed by atoms with Crippen molar-refractivity contribution in [3.8, 4) is 17.2 Å². The van der Waals surface area contributed by atoms with Gasteiger partial charge in [0.2, 0.25) is 5.95 Å². The Morgan fingerprint density at radius 1 is 1.19 bits per heavy atom. The van der Waals surface area contributed by atoms with Gasteiger partial charge in [-0.05, 0) is 57.5 Å². The van der Waals surface area contributed by atoms with Gasteiger partial charge in [-0.25, -0.2) is 9.97 Å². The maximum Gasteiger partial charge on any atom is 0.211 e. The molecule has 1 saturated heterocycles. The molecule has 0 bridgehead atoms. The predicted molar refractivity (Wildman–Crippen MR) is 147 cm³/mol. The molecule has 0 spiro atoms. The molecule has 0 unspecified atom stereocenters. The molecule has 3 aromatic heterocycles. The highest BCUT2D eigenvalue weighted by atomic mass is 15.3. The minimum atomic E-state index is 0.352. The maximum absolute atomic E-state index is 9.33. The summed E-state index contributed by atoms with van der Waals surface area (Å²) in [5.41, 5.74) is 6.10. The van der Waals surface area contributed by atoms with Crippen LogP contribution in [0.4, 0.5) is 5.95 Å². The molecule has 36 heavy (non-hydrogen) atoms. The van der Waals surface area contributed by atoms with Crippen LogP contribution >= 0.6 is 0 Å². The van der Waals surface area contributed by atoms with Gasteiger partial charge in [0.1, 0.15) is 5.65 Å². The Hall–Kier alpha value is -3.76. The van der Waals surface area contributed by atoms with Crippen molar-refractivity contribution in [1.29, 1.82) is 5.26 Å². The average molecular weight is 482 g/mol. The van der Waals surface area contributed by atoms with Crippen molar-refractivity contribution in [2.75, 3.05) is 32.1 Å². The lowest BCUT2D eigenvalue weighted by atomic mass is 10.00. The fourth-order valence-corrected chi connectivity index (χ4v) is 4.66. The first-order valence-electron chi connectivity index (χ1n) is 12.5. The van der Waals surface area contributed by atoms with Crippen molar-refractivity contribution in [2.45, 2.75) is 45.6 Å². The third-order valence-electron chi connectivity index (χ3n) is 6.91. The van der Waals surface area contributed by atoms with Gasteiger partial charge >= 0.3 is 0 Å². The largest absolute Gasteiger partial charge is 0.342 e. The van der Waals surface area contributed by atoms with E-state index in [1.165, 1.54) is 0 Å². The Balaban J connectivity index is 1.88. The summed E-state index contributed by atoms with van der Waals surface area (Å²) in [5.74, 6) is 1.25. The number of fused-ring (bicyclic) bond motifs is 1. The third-order valence-corrected chi connectivity index (χ3v) is 6.91. The van der Waals surface area contributed by atoms with Crippen LogP contribution in [0.1, 0.15) is 50.9 Å². The molecule has 186 valence electrons. The zero-order valence-electron chi connectivity index (χ0n) is 21.9. The summed E-state index contributed by atoms with van der Waals surface area (Å²) in [6.07, 6.45) is 13.2. The normalized spacial score (nSPS) is 15.7. The highest BCUT2D eigenvalue weighted by molar-refractivity contribution is 5.88. The van der Waals surface area contributed by atoms with E-state index >= 15 is 0 Å². The van der Waals surface area contributed by atoms with Crippen LogP contribution in [-0.4, -0.2) is 57.5 Å². The molecule has 4 heterocycles. The highest BCUT2D eigenvalue weighted by Gasteiger charge is 2.26. The Bertz CT molecular complexity index is 1330. The second-order valence-electron chi connectivity index (χ2n) is 9.85. The second-order valence-corrected chi connectivity index (χ2v) is 9.85. The molecule has 0 amide bonds. The fraction of sp³-hybridized carbons (Fsp3) is 0.379. The summed E-state index contributed by atoms with van der Waals surface area (Å²) < 4.78 is 2.10. The molecule has 4 rings (SSSR count). The van der Waals surface area contributed by atoms with Crippen LogP contribution in [0.2, 0.25) is 0 Å². The van der Waals surface area contributed by atoms with Crippen molar-refractivity contribution >= 4 is 17.2 Å². The molecule has 3 aromatic rings. The van der Waals surface area contributed by atoms with E-state index < -0.39 is 0 Å². The average Bonchev–Trinajstić information content (AvgIpc) is 3.38. The second kappa shape index (κ2) is 10.9. The van der Waals surface area contributed by atoms with Crippen LogP contribution in [0.15, 0.2) is 61.1 Å². The number of anilines is 1. The van der Waals surface area contributed by atoms with Gasteiger partial charge in [-0.1, -0.05) is 38.6 Å². The highest BCUT2D eigenvalue weighted by Crippen LogP contribution is 2.34. The maximum atomic E-state index is 9.33. The number of imidazole rings is 1. The molecule has 0 aromatic carbocycles. The fourth-order valence-electron chi connectivity index (χ4n) is 4.66. The van der Waals surface area contributed by atoms with Crippen molar-refractivity contribution in [3.05, 3.63) is 72.5 Å². The number of pyridine rings is 1. The van der Waals surface area contributed by atoms with Crippen LogP contribution < -0.4 is 4.90 Å². The SMILES string of the molecule is C=C/C(C#N)=C\C=C(/C)c1nc(N2CCC(N(C)C)CC2)n2ccnc2c1-c1ccc(C(C)C)nc1. The van der Waals surface area contributed by atoms with E-state index in [2.05, 4.69) is 66.9 Å². The first-order chi connectivity index (χ1) is 17.3. The van der Waals surface area contributed by atoms with E-state index in [9.17, 15) is 5.26 Å². The van der Waals surface area contributed by atoms with Gasteiger partial charge in [-0.2, -0.15) is 5.26 Å². The first kappa shape index (κ1) is 25.3. The molecule has 7 heteroatoms. The lowest BCUT2D eigenvalue weighted by Crippen LogP contribution is -2.43. The molecule has 0 radical (unpaired) electrons. The number of nitriles is 1. The van der Waals surface area contributed by atoms with Gasteiger partial charge < -0.3 is 9.80 Å². The van der Waals surface area contributed by atoms with E-state index in [0.717, 1.165) is 65.6 Å². The lowest BCUT2D eigenvalue weighted by molar-refractivity contribution is 0.249. The van der Waals surface area contributed by atoms with E-state index in [-0.39, 0.29) is 0 Å². The molecule has 0 N–H and O–H groups in total. The Morgan fingerprint density at radius 3 is 2.53 bits per heavy atom. The molecule has 1 fully saturated rings. The first-order valence-corrected chi connectivity index (χ1v) is 12.5. The molecule has 0 saturated carbocycles. The zero-order valence-corrected chi connectivity index (χ0v) is 21.9. The molecule has 7 nitrogen and oxygen atoms in total. The summed E-state index contributed by atoms with van der Waals surface area (Å²) in [7, 11) is 4.30. The topological polar surface area (TPSA) is 73.4 Å². The predicted octanol–water partition coefficient (Wildman–Crippen LogP) is 5.48. The lowest BCUT2D eigenvalue weighted by Gasteiger charge is -2.36. The minimum Gasteiger partial charge on any atom is -0.342 e. The summed E-state index contributed by atoms with van der Waals surface area (Å²) in [6.45, 7) is 11.9. The van der Waals surface area contributed by atoms with Crippen molar-refractivity contribution < 1.29 is 0 Å². The van der Waals surface area contributed by atoms with Gasteiger partial charge in [0.05, 0.1) is 22.9 Å². The number of piperidine rings is 1. The molecular weight excluding hydrogens is 446 g/mol. The molecular formula is C29H35N7. The standard InChI is InChI=1S/C29H35N7/c1-7-22(18-30)9-8-21(4)27-26(23-10-11-25(20(2)3)32-19-23)28-31-14-17-36(28)29(33-27)35-15-12-24(13-16-35)34(5)6/h7-11,14,17,19-20,24H,1,12-13,15-16H2,2-6H3/b21-8+,22-9+. The smallest absolute Gasteiger partial charge is 0.211 e. The number of rotatable bonds is 7. The van der Waals surface area contributed by atoms with E-state index in [4.69, 9.17) is 15.0 Å². The van der Waals surface area contributed by atoms with Crippen LogP contribution in [0.5, 0.6) is 0 Å². The Labute approximate surface area is 214 Å². The van der Waals surface area contributed by atoms with Gasteiger partial charge in [-0.15, -0.1) is 0 Å². The minimum absolute atomic E-state index is 0.352. The van der Waals surface area contributed by atoms with Gasteiger partial charge in [0.25, 0.3) is 0 Å². The number of hydrogen-bond acceptors (Lipinski definition) is 6. The van der Waals surface area contributed by atoms with Crippen LogP contribution in [-0.2, 0) is 0 Å². The third kappa shape index (κ3) is 5.09. The number of allylic oxidation sites excluding steroid dienone is 5. The van der Waals surface area contributed by atoms with Crippen LogP contribution in [0, 0.1) is 11.3 Å². The zero-order chi connectivity index (χ0) is 25.8. The summed E-state index contributed by atoms with van der Waals surface area (Å²) in [5, 5.41) is 9.33. The Kier molecular flexibility index (Phi) is 7.66. The Morgan fingerprint density at radius 2 is 1.94 bits per heavy atom. The monoisotopic (exact) mass is 481 g/mol. The van der Waals surface area contributed by atoms with E-state index in [1.54, 1.807) is 12.2 Å². The van der Waals surface area contributed by atoms with Gasteiger partial charge in [0, 0.05) is 49.0 Å². The molecule has 0 atom stereocenters. The molecule has 0 aliphatic carbocycles. The van der Waals surface area contributed by atoms with Gasteiger partial charge in [0.15, 0.2) is 0 Å². The van der Waals surface area contributed by atoms with E-state index in [0.29, 0.717) is 17.5 Å². The van der Waals surface area contributed by atoms with Crippen LogP contribution in [0.3, 0.4) is 0 Å². The van der Waals surface area contributed by atoms with Crippen molar-refractivity contribution in [3.63, 3.8) is 0 Å². The molecule has 1 aliphatic rings. The summed E-state index contributed by atoms with van der Waals surface area (Å²) in [6, 6.07) is 6.93. The molecule has 1 aliphatic heterocycles. The van der Waals surface area contributed by atoms with Crippen molar-refractivity contribution in [1.82, 2.24) is 24.3 Å². The summed E-state index contributed by atoms with van der Waals surface area (Å²) in [4.78, 5) is 19.4. The number of nitrogens with zero attached hydrogens (tertiary/aromatic N) is 7. The quantitative estimate of drug-likeness (QED) is 0.328.